The van der Waals surface area contributed by atoms with E-state index in [1.54, 1.807) is 0 Å². The molecule has 0 spiro atoms. The normalized spacial score (nSPS) is 15.9. The highest BCUT2D eigenvalue weighted by Crippen LogP contribution is 2.40. The number of aromatic hydroxyl groups is 1. The van der Waals surface area contributed by atoms with Gasteiger partial charge in [-0.05, 0) is 40.4 Å². The summed E-state index contributed by atoms with van der Waals surface area (Å²) in [6.45, 7) is 14.6. The zero-order valence-corrected chi connectivity index (χ0v) is 28.6. The van der Waals surface area contributed by atoms with E-state index in [1.807, 2.05) is 12.1 Å². The van der Waals surface area contributed by atoms with E-state index >= 15 is 0 Å². The van der Waals surface area contributed by atoms with Crippen LogP contribution in [0.5, 0.6) is 5.75 Å². The van der Waals surface area contributed by atoms with Gasteiger partial charge in [-0.1, -0.05) is 150 Å². The SMILES string of the molecule is CCCCCCCCCCCCCCCCC1CC(=O)N(NC(=O)CCc2cc(C(C)(C)C)c(O)c(C(C)(C)C)c2)C1=O. The molecule has 1 saturated heterocycles. The zero-order chi connectivity index (χ0) is 32.0. The Morgan fingerprint density at radius 3 is 1.67 bits per heavy atom. The highest BCUT2D eigenvalue weighted by molar-refractivity contribution is 6.04. The van der Waals surface area contributed by atoms with E-state index < -0.39 is 0 Å². The molecule has 1 heterocycles. The Bertz CT molecular complexity index is 999. The Hall–Kier alpha value is -2.37. The highest BCUT2D eigenvalue weighted by atomic mass is 16.3. The van der Waals surface area contributed by atoms with Crippen LogP contribution < -0.4 is 5.43 Å². The summed E-state index contributed by atoms with van der Waals surface area (Å²) in [7, 11) is 0. The lowest BCUT2D eigenvalue weighted by Gasteiger charge is -2.28. The van der Waals surface area contributed by atoms with Crippen molar-refractivity contribution in [3.8, 4) is 5.75 Å². The van der Waals surface area contributed by atoms with Gasteiger partial charge in [0.1, 0.15) is 5.75 Å². The molecule has 2 N–H and O–H groups in total. The van der Waals surface area contributed by atoms with Crippen molar-refractivity contribution in [1.82, 2.24) is 10.4 Å². The number of unbranched alkanes of at least 4 members (excludes halogenated alkanes) is 13. The van der Waals surface area contributed by atoms with Crippen LogP contribution in [0.1, 0.15) is 174 Å². The lowest BCUT2D eigenvalue weighted by Crippen LogP contribution is -2.46. The molecule has 1 aliphatic heterocycles. The van der Waals surface area contributed by atoms with E-state index in [0.29, 0.717) is 18.6 Å². The Labute approximate surface area is 262 Å². The summed E-state index contributed by atoms with van der Waals surface area (Å²) in [4.78, 5) is 38.3. The topological polar surface area (TPSA) is 86.7 Å². The predicted octanol–water partition coefficient (Wildman–Crippen LogP) is 9.20. The van der Waals surface area contributed by atoms with Gasteiger partial charge in [0.05, 0.1) is 0 Å². The van der Waals surface area contributed by atoms with Crippen molar-refractivity contribution in [3.63, 3.8) is 0 Å². The van der Waals surface area contributed by atoms with Crippen LogP contribution in [0, 0.1) is 5.92 Å². The molecule has 244 valence electrons. The summed E-state index contributed by atoms with van der Waals surface area (Å²) in [5.74, 6) is -0.954. The third-order valence-electron chi connectivity index (χ3n) is 8.81. The van der Waals surface area contributed by atoms with Crippen molar-refractivity contribution >= 4 is 17.7 Å². The second-order valence-electron chi connectivity index (χ2n) is 14.9. The molecule has 6 nitrogen and oxygen atoms in total. The molecular weight excluding hydrogens is 536 g/mol. The average Bonchev–Trinajstić information content (AvgIpc) is 3.18. The molecule has 3 amide bonds. The third-order valence-corrected chi connectivity index (χ3v) is 8.81. The fraction of sp³-hybridized carbons (Fsp3) is 0.757. The van der Waals surface area contributed by atoms with E-state index in [9.17, 15) is 19.5 Å². The van der Waals surface area contributed by atoms with Crippen molar-refractivity contribution in [3.05, 3.63) is 28.8 Å². The fourth-order valence-electron chi connectivity index (χ4n) is 6.04. The van der Waals surface area contributed by atoms with Gasteiger partial charge in [0.15, 0.2) is 0 Å². The standard InChI is InChI=1S/C37H62N2O4/c1-8-9-10-11-12-13-14-15-16-17-18-19-20-21-22-29-27-33(41)39(35(29)43)38-32(40)24-23-28-25-30(36(2,3)4)34(42)31(26-28)37(5,6)7/h25-26,29,42H,8-24,27H2,1-7H3,(H,38,40). The maximum absolute atomic E-state index is 12.9. The minimum atomic E-state index is -0.346. The highest BCUT2D eigenvalue weighted by Gasteiger charge is 2.39. The Kier molecular flexibility index (Phi) is 15.2. The molecule has 43 heavy (non-hydrogen) atoms. The monoisotopic (exact) mass is 598 g/mol. The third kappa shape index (κ3) is 12.6. The van der Waals surface area contributed by atoms with Crippen LogP contribution in [0.25, 0.3) is 0 Å². The van der Waals surface area contributed by atoms with Gasteiger partial charge in [-0.25, -0.2) is 0 Å². The molecule has 1 aromatic rings. The van der Waals surface area contributed by atoms with Gasteiger partial charge in [0, 0.05) is 18.8 Å². The van der Waals surface area contributed by atoms with Crippen molar-refractivity contribution in [2.24, 2.45) is 5.92 Å². The summed E-state index contributed by atoms with van der Waals surface area (Å²) >= 11 is 0. The Morgan fingerprint density at radius 1 is 0.791 bits per heavy atom. The number of hydrazine groups is 1. The number of amides is 3. The largest absolute Gasteiger partial charge is 0.507 e. The maximum Gasteiger partial charge on any atom is 0.251 e. The van der Waals surface area contributed by atoms with Crippen LogP contribution in [0.2, 0.25) is 0 Å². The molecule has 0 aliphatic carbocycles. The van der Waals surface area contributed by atoms with Crippen LogP contribution in [0.3, 0.4) is 0 Å². The van der Waals surface area contributed by atoms with E-state index in [2.05, 4.69) is 53.9 Å². The lowest BCUT2D eigenvalue weighted by atomic mass is 9.78. The summed E-state index contributed by atoms with van der Waals surface area (Å²) in [5, 5.41) is 11.9. The quantitative estimate of drug-likeness (QED) is 0.123. The molecule has 2 rings (SSSR count). The smallest absolute Gasteiger partial charge is 0.251 e. The number of rotatable bonds is 19. The number of nitrogens with zero attached hydrogens (tertiary/aromatic N) is 1. The van der Waals surface area contributed by atoms with Gasteiger partial charge >= 0.3 is 0 Å². The Balaban J connectivity index is 1.70. The Morgan fingerprint density at radius 2 is 1.23 bits per heavy atom. The van der Waals surface area contributed by atoms with Gasteiger partial charge in [0.2, 0.25) is 11.8 Å². The van der Waals surface area contributed by atoms with E-state index in [1.165, 1.54) is 77.0 Å². The van der Waals surface area contributed by atoms with Crippen LogP contribution in [0.4, 0.5) is 0 Å². The number of carbonyl (C=O) groups excluding carboxylic acids is 3. The van der Waals surface area contributed by atoms with Crippen molar-refractivity contribution in [2.45, 2.75) is 175 Å². The predicted molar refractivity (Wildman–Crippen MR) is 177 cm³/mol. The number of imide groups is 1. The van der Waals surface area contributed by atoms with Gasteiger partial charge in [-0.15, -0.1) is 0 Å². The molecule has 1 unspecified atom stereocenters. The number of nitrogens with one attached hydrogen (secondary N) is 1. The lowest BCUT2D eigenvalue weighted by molar-refractivity contribution is -0.148. The molecular formula is C37H62N2O4. The summed E-state index contributed by atoms with van der Waals surface area (Å²) in [5.41, 5.74) is 4.74. The number of benzene rings is 1. The molecule has 1 aromatic carbocycles. The number of hydrogen-bond acceptors (Lipinski definition) is 4. The van der Waals surface area contributed by atoms with Crippen molar-refractivity contribution in [2.75, 3.05) is 0 Å². The first-order valence-electron chi connectivity index (χ1n) is 17.3. The molecule has 1 aliphatic rings. The first-order valence-corrected chi connectivity index (χ1v) is 17.3. The van der Waals surface area contributed by atoms with E-state index in [4.69, 9.17) is 0 Å². The van der Waals surface area contributed by atoms with Crippen LogP contribution >= 0.6 is 0 Å². The number of carbonyl (C=O) groups is 3. The second kappa shape index (κ2) is 17.8. The molecule has 0 saturated carbocycles. The number of phenols is 1. The summed E-state index contributed by atoms with van der Waals surface area (Å²) in [6, 6.07) is 3.94. The second-order valence-corrected chi connectivity index (χ2v) is 14.9. The zero-order valence-electron chi connectivity index (χ0n) is 28.6. The minimum absolute atomic E-state index is 0.151. The van der Waals surface area contributed by atoms with Crippen LogP contribution in [-0.4, -0.2) is 27.8 Å². The van der Waals surface area contributed by atoms with Crippen LogP contribution in [-0.2, 0) is 31.6 Å². The van der Waals surface area contributed by atoms with E-state index in [-0.39, 0.29) is 47.3 Å². The van der Waals surface area contributed by atoms with Crippen molar-refractivity contribution < 1.29 is 19.5 Å². The molecule has 0 bridgehead atoms. The number of phenolic OH excluding ortho intramolecular Hbond substituents is 1. The van der Waals surface area contributed by atoms with Crippen LogP contribution in [0.15, 0.2) is 12.1 Å². The number of hydrogen-bond donors (Lipinski definition) is 2. The molecule has 0 aromatic heterocycles. The van der Waals surface area contributed by atoms with E-state index in [0.717, 1.165) is 34.5 Å². The molecule has 0 radical (unpaired) electrons. The minimum Gasteiger partial charge on any atom is -0.507 e. The number of aryl methyl sites for hydroxylation is 1. The first-order chi connectivity index (χ1) is 20.3. The van der Waals surface area contributed by atoms with Gasteiger partial charge in [-0.2, -0.15) is 5.01 Å². The first kappa shape index (κ1) is 36.8. The fourth-order valence-corrected chi connectivity index (χ4v) is 6.04. The summed E-state index contributed by atoms with van der Waals surface area (Å²) in [6.07, 6.45) is 19.5. The maximum atomic E-state index is 12.9. The summed E-state index contributed by atoms with van der Waals surface area (Å²) < 4.78 is 0. The molecule has 1 fully saturated rings. The average molecular weight is 599 g/mol. The molecule has 6 heteroatoms. The van der Waals surface area contributed by atoms with Gasteiger partial charge in [0.25, 0.3) is 5.91 Å². The van der Waals surface area contributed by atoms with Gasteiger partial charge in [-0.3, -0.25) is 19.8 Å². The van der Waals surface area contributed by atoms with Crippen molar-refractivity contribution in [1.29, 1.82) is 0 Å². The molecule has 1 atom stereocenters. The van der Waals surface area contributed by atoms with Gasteiger partial charge < -0.3 is 5.11 Å².